The molecule has 0 aliphatic heterocycles. The van der Waals surface area contributed by atoms with E-state index in [2.05, 4.69) is 66.9 Å². The van der Waals surface area contributed by atoms with E-state index >= 15 is 0 Å². The molecule has 0 aliphatic rings. The molecular formula is C23H22N2O. The molecule has 3 aromatic carbocycles. The maximum absolute atomic E-state index is 6.16. The lowest BCUT2D eigenvalue weighted by Gasteiger charge is -2.13. The molecule has 0 aliphatic carbocycles. The molecule has 0 saturated heterocycles. The molecule has 0 fully saturated rings. The summed E-state index contributed by atoms with van der Waals surface area (Å²) in [5, 5.41) is 0. The minimum Gasteiger partial charge on any atom is -0.488 e. The molecule has 0 radical (unpaired) electrons. The number of para-hydroxylation sites is 3. The Labute approximate surface area is 153 Å². The maximum Gasteiger partial charge on any atom is 0.144 e. The van der Waals surface area contributed by atoms with Gasteiger partial charge in [0.25, 0.3) is 0 Å². The van der Waals surface area contributed by atoms with Crippen LogP contribution < -0.4 is 4.74 Å². The smallest absolute Gasteiger partial charge is 0.144 e. The summed E-state index contributed by atoms with van der Waals surface area (Å²) in [7, 11) is 0. The van der Waals surface area contributed by atoms with E-state index in [1.807, 2.05) is 24.3 Å². The van der Waals surface area contributed by atoms with Crippen molar-refractivity contribution < 1.29 is 4.74 Å². The van der Waals surface area contributed by atoms with Crippen LogP contribution in [0.5, 0.6) is 5.75 Å². The Kier molecular flexibility index (Phi) is 4.44. The zero-order chi connectivity index (χ0) is 17.9. The highest BCUT2D eigenvalue weighted by Gasteiger charge is 2.15. The average Bonchev–Trinajstić information content (AvgIpc) is 3.06. The highest BCUT2D eigenvalue weighted by Crippen LogP contribution is 2.32. The van der Waals surface area contributed by atoms with E-state index in [0.29, 0.717) is 6.61 Å². The van der Waals surface area contributed by atoms with Gasteiger partial charge < -0.3 is 9.30 Å². The quantitative estimate of drug-likeness (QED) is 0.471. The molecule has 0 spiro atoms. The normalized spacial score (nSPS) is 11.0. The van der Waals surface area contributed by atoms with Crippen molar-refractivity contribution in [3.63, 3.8) is 0 Å². The van der Waals surface area contributed by atoms with Crippen molar-refractivity contribution >= 4 is 11.0 Å². The van der Waals surface area contributed by atoms with Gasteiger partial charge in [0.1, 0.15) is 18.2 Å². The molecule has 26 heavy (non-hydrogen) atoms. The van der Waals surface area contributed by atoms with E-state index in [1.54, 1.807) is 0 Å². The lowest BCUT2D eigenvalue weighted by molar-refractivity contribution is 0.307. The first-order valence-electron chi connectivity index (χ1n) is 8.99. The van der Waals surface area contributed by atoms with Gasteiger partial charge in [-0.1, -0.05) is 54.1 Å². The fraction of sp³-hybridized carbons (Fsp3) is 0.174. The SMILES string of the molecule is CCn1c(-c2ccccc2OCc2ccc(C)cc2)nc2ccccc21. The second-order valence-electron chi connectivity index (χ2n) is 6.44. The molecule has 3 nitrogen and oxygen atoms in total. The third kappa shape index (κ3) is 3.08. The molecule has 1 aromatic heterocycles. The fourth-order valence-corrected chi connectivity index (χ4v) is 3.22. The van der Waals surface area contributed by atoms with E-state index in [4.69, 9.17) is 9.72 Å². The Hall–Kier alpha value is -3.07. The first kappa shape index (κ1) is 16.4. The van der Waals surface area contributed by atoms with Gasteiger partial charge in [-0.2, -0.15) is 0 Å². The van der Waals surface area contributed by atoms with Crippen LogP contribution in [0, 0.1) is 6.92 Å². The number of hydrogen-bond donors (Lipinski definition) is 0. The van der Waals surface area contributed by atoms with E-state index in [9.17, 15) is 0 Å². The predicted molar refractivity (Wildman–Crippen MR) is 106 cm³/mol. The van der Waals surface area contributed by atoms with Gasteiger partial charge in [0.2, 0.25) is 0 Å². The summed E-state index contributed by atoms with van der Waals surface area (Å²) in [4.78, 5) is 4.86. The van der Waals surface area contributed by atoms with Crippen molar-refractivity contribution in [1.29, 1.82) is 0 Å². The van der Waals surface area contributed by atoms with Gasteiger partial charge in [0, 0.05) is 6.54 Å². The monoisotopic (exact) mass is 342 g/mol. The lowest BCUT2D eigenvalue weighted by atomic mass is 10.1. The number of aromatic nitrogens is 2. The summed E-state index contributed by atoms with van der Waals surface area (Å²) in [6.07, 6.45) is 0. The average molecular weight is 342 g/mol. The first-order valence-corrected chi connectivity index (χ1v) is 8.99. The van der Waals surface area contributed by atoms with E-state index in [1.165, 1.54) is 5.56 Å². The van der Waals surface area contributed by atoms with Crippen LogP contribution >= 0.6 is 0 Å². The topological polar surface area (TPSA) is 27.1 Å². The standard InChI is InChI=1S/C23H22N2O/c1-3-25-21-10-6-5-9-20(21)24-23(25)19-8-4-7-11-22(19)26-16-18-14-12-17(2)13-15-18/h4-15H,3,16H2,1-2H3. The molecule has 0 bridgehead atoms. The predicted octanol–water partition coefficient (Wildman–Crippen LogP) is 5.61. The summed E-state index contributed by atoms with van der Waals surface area (Å²) in [5.74, 6) is 1.81. The molecule has 0 amide bonds. The summed E-state index contributed by atoms with van der Waals surface area (Å²) in [5.41, 5.74) is 5.61. The van der Waals surface area contributed by atoms with Crippen LogP contribution in [0.1, 0.15) is 18.1 Å². The van der Waals surface area contributed by atoms with Crippen molar-refractivity contribution in [1.82, 2.24) is 9.55 Å². The van der Waals surface area contributed by atoms with Gasteiger partial charge in [-0.3, -0.25) is 0 Å². The Morgan fingerprint density at radius 3 is 2.42 bits per heavy atom. The molecule has 0 saturated carbocycles. The second kappa shape index (κ2) is 7.04. The Morgan fingerprint density at radius 2 is 1.62 bits per heavy atom. The maximum atomic E-state index is 6.16. The Bertz CT molecular complexity index is 1030. The molecule has 0 atom stereocenters. The lowest BCUT2D eigenvalue weighted by Crippen LogP contribution is -2.01. The second-order valence-corrected chi connectivity index (χ2v) is 6.44. The molecule has 3 heteroatoms. The van der Waals surface area contributed by atoms with Gasteiger partial charge >= 0.3 is 0 Å². The van der Waals surface area contributed by atoms with E-state index < -0.39 is 0 Å². The van der Waals surface area contributed by atoms with Crippen LogP contribution in [0.2, 0.25) is 0 Å². The van der Waals surface area contributed by atoms with Crippen LogP contribution in [-0.2, 0) is 13.2 Å². The molecule has 4 aromatic rings. The van der Waals surface area contributed by atoms with Crippen molar-refractivity contribution in [3.8, 4) is 17.1 Å². The number of aryl methyl sites for hydroxylation is 2. The van der Waals surface area contributed by atoms with Crippen LogP contribution in [0.15, 0.2) is 72.8 Å². The summed E-state index contributed by atoms with van der Waals surface area (Å²) in [6, 6.07) is 24.8. The van der Waals surface area contributed by atoms with Crippen LogP contribution in [0.4, 0.5) is 0 Å². The van der Waals surface area contributed by atoms with Gasteiger partial charge in [-0.25, -0.2) is 4.98 Å². The zero-order valence-corrected chi connectivity index (χ0v) is 15.1. The zero-order valence-electron chi connectivity index (χ0n) is 15.1. The number of nitrogens with zero attached hydrogens (tertiary/aromatic N) is 2. The number of rotatable bonds is 5. The van der Waals surface area contributed by atoms with Crippen LogP contribution in [-0.4, -0.2) is 9.55 Å². The fourth-order valence-electron chi connectivity index (χ4n) is 3.22. The summed E-state index contributed by atoms with van der Waals surface area (Å²) < 4.78 is 8.40. The molecule has 130 valence electrons. The van der Waals surface area contributed by atoms with E-state index in [0.717, 1.165) is 40.3 Å². The van der Waals surface area contributed by atoms with Gasteiger partial charge in [-0.15, -0.1) is 0 Å². The number of hydrogen-bond acceptors (Lipinski definition) is 2. The molecule has 4 rings (SSSR count). The minimum absolute atomic E-state index is 0.545. The Morgan fingerprint density at radius 1 is 0.885 bits per heavy atom. The Balaban J connectivity index is 1.71. The van der Waals surface area contributed by atoms with Gasteiger partial charge in [-0.05, 0) is 43.7 Å². The van der Waals surface area contributed by atoms with Crippen molar-refractivity contribution in [3.05, 3.63) is 83.9 Å². The molecule has 0 N–H and O–H groups in total. The van der Waals surface area contributed by atoms with Crippen molar-refractivity contribution in [2.45, 2.75) is 27.0 Å². The number of imidazole rings is 1. The third-order valence-electron chi connectivity index (χ3n) is 4.61. The number of fused-ring (bicyclic) bond motifs is 1. The molecule has 0 unspecified atom stereocenters. The molecule has 1 heterocycles. The minimum atomic E-state index is 0.545. The highest BCUT2D eigenvalue weighted by atomic mass is 16.5. The number of benzene rings is 3. The van der Waals surface area contributed by atoms with Crippen molar-refractivity contribution in [2.24, 2.45) is 0 Å². The highest BCUT2D eigenvalue weighted by molar-refractivity contribution is 5.81. The van der Waals surface area contributed by atoms with Crippen molar-refractivity contribution in [2.75, 3.05) is 0 Å². The summed E-state index contributed by atoms with van der Waals surface area (Å²) in [6.45, 7) is 5.65. The number of ether oxygens (including phenoxy) is 1. The first-order chi connectivity index (χ1) is 12.8. The van der Waals surface area contributed by atoms with Gasteiger partial charge in [0.15, 0.2) is 0 Å². The van der Waals surface area contributed by atoms with E-state index in [-0.39, 0.29) is 0 Å². The summed E-state index contributed by atoms with van der Waals surface area (Å²) >= 11 is 0. The third-order valence-corrected chi connectivity index (χ3v) is 4.61. The largest absolute Gasteiger partial charge is 0.488 e. The van der Waals surface area contributed by atoms with Gasteiger partial charge in [0.05, 0.1) is 16.6 Å². The molecular weight excluding hydrogens is 320 g/mol. The van der Waals surface area contributed by atoms with Crippen LogP contribution in [0.3, 0.4) is 0 Å². The van der Waals surface area contributed by atoms with Crippen LogP contribution in [0.25, 0.3) is 22.4 Å².